The summed E-state index contributed by atoms with van der Waals surface area (Å²) in [5, 5.41) is 10.5. The number of fused-ring (bicyclic) bond motifs is 2. The number of hydrogen-bond acceptors (Lipinski definition) is 3. The van der Waals surface area contributed by atoms with Crippen LogP contribution in [0, 0.1) is 11.8 Å². The molecule has 1 aromatic carbocycles. The molecule has 0 saturated carbocycles. The molecule has 0 amide bonds. The number of rotatable bonds is 5. The number of ketones is 1. The number of aliphatic hydroxyl groups is 1. The van der Waals surface area contributed by atoms with Gasteiger partial charge in [0, 0.05) is 49.1 Å². The first-order valence-corrected chi connectivity index (χ1v) is 9.71. The SMILES string of the molecule is CN1CC(C(=O)CC(CO)C(C)(F)F)C=C2c3cccc4c3c(cn4C)CC21. The Morgan fingerprint density at radius 1 is 1.36 bits per heavy atom. The van der Waals surface area contributed by atoms with Gasteiger partial charge in [0.05, 0.1) is 12.5 Å². The van der Waals surface area contributed by atoms with E-state index in [4.69, 9.17) is 0 Å². The molecule has 1 aromatic heterocycles. The standard InChI is InChI=1S/C22H26F2N2O2/c1-22(23,24)15(12-27)9-20(28)13-7-17-16-5-4-6-18-21(16)14(11-25(18)2)8-19(17)26(3)10-13/h4-7,11,13,15,19,27H,8-10,12H2,1-3H3. The Labute approximate surface area is 163 Å². The van der Waals surface area contributed by atoms with E-state index in [0.717, 1.165) is 30.0 Å². The molecule has 0 saturated heterocycles. The second-order valence-electron chi connectivity index (χ2n) is 8.36. The highest BCUT2D eigenvalue weighted by Gasteiger charge is 2.39. The van der Waals surface area contributed by atoms with Gasteiger partial charge < -0.3 is 9.67 Å². The van der Waals surface area contributed by atoms with E-state index in [-0.39, 0.29) is 18.2 Å². The van der Waals surface area contributed by atoms with Crippen LogP contribution in [-0.4, -0.2) is 52.5 Å². The summed E-state index contributed by atoms with van der Waals surface area (Å²) < 4.78 is 29.4. The molecule has 0 bridgehead atoms. The number of aromatic nitrogens is 1. The van der Waals surface area contributed by atoms with Gasteiger partial charge in [-0.25, -0.2) is 8.78 Å². The monoisotopic (exact) mass is 388 g/mol. The lowest BCUT2D eigenvalue weighted by Gasteiger charge is -2.39. The van der Waals surface area contributed by atoms with Crippen LogP contribution in [-0.2, 0) is 18.3 Å². The Balaban J connectivity index is 1.71. The third-order valence-electron chi connectivity index (χ3n) is 6.37. The van der Waals surface area contributed by atoms with Gasteiger partial charge >= 0.3 is 0 Å². The number of aliphatic hydroxyl groups excluding tert-OH is 1. The van der Waals surface area contributed by atoms with Gasteiger partial charge in [0.1, 0.15) is 5.78 Å². The van der Waals surface area contributed by atoms with Crippen molar-refractivity contribution in [2.24, 2.45) is 18.9 Å². The van der Waals surface area contributed by atoms with Crippen molar-refractivity contribution >= 4 is 22.3 Å². The Morgan fingerprint density at radius 2 is 2.11 bits per heavy atom. The van der Waals surface area contributed by atoms with E-state index in [1.54, 1.807) is 0 Å². The van der Waals surface area contributed by atoms with Crippen LogP contribution >= 0.6 is 0 Å². The average molecular weight is 388 g/mol. The van der Waals surface area contributed by atoms with Crippen LogP contribution < -0.4 is 0 Å². The lowest BCUT2D eigenvalue weighted by molar-refractivity contribution is -0.129. The summed E-state index contributed by atoms with van der Waals surface area (Å²) in [6.45, 7) is 0.587. The average Bonchev–Trinajstić information content (AvgIpc) is 2.96. The topological polar surface area (TPSA) is 45.5 Å². The van der Waals surface area contributed by atoms with E-state index >= 15 is 0 Å². The van der Waals surface area contributed by atoms with Crippen molar-refractivity contribution < 1.29 is 18.7 Å². The Morgan fingerprint density at radius 3 is 2.79 bits per heavy atom. The molecule has 2 aliphatic rings. The number of hydrogen-bond donors (Lipinski definition) is 1. The molecule has 0 fully saturated rings. The number of carbonyl (C=O) groups is 1. The molecule has 1 aliphatic heterocycles. The van der Waals surface area contributed by atoms with Crippen LogP contribution in [0.5, 0.6) is 0 Å². The predicted octanol–water partition coefficient (Wildman–Crippen LogP) is 3.27. The fourth-order valence-corrected chi connectivity index (χ4v) is 4.73. The van der Waals surface area contributed by atoms with E-state index in [1.165, 1.54) is 10.9 Å². The van der Waals surface area contributed by atoms with Gasteiger partial charge in [0.2, 0.25) is 0 Å². The van der Waals surface area contributed by atoms with Gasteiger partial charge in [0.15, 0.2) is 0 Å². The normalized spacial score (nSPS) is 23.4. The zero-order chi connectivity index (χ0) is 20.2. The molecule has 1 N–H and O–H groups in total. The van der Waals surface area contributed by atoms with Crippen LogP contribution in [0.15, 0.2) is 30.5 Å². The highest BCUT2D eigenvalue weighted by molar-refractivity contribution is 5.99. The van der Waals surface area contributed by atoms with Gasteiger partial charge in [-0.05, 0) is 43.2 Å². The molecule has 150 valence electrons. The predicted molar refractivity (Wildman–Crippen MR) is 105 cm³/mol. The zero-order valence-electron chi connectivity index (χ0n) is 16.5. The number of halogens is 2. The fourth-order valence-electron chi connectivity index (χ4n) is 4.73. The van der Waals surface area contributed by atoms with Gasteiger partial charge in [-0.2, -0.15) is 0 Å². The van der Waals surface area contributed by atoms with Crippen LogP contribution in [0.25, 0.3) is 16.5 Å². The van der Waals surface area contributed by atoms with E-state index in [1.807, 2.05) is 26.2 Å². The quantitative estimate of drug-likeness (QED) is 0.855. The molecule has 28 heavy (non-hydrogen) atoms. The molecule has 2 heterocycles. The molecule has 6 heteroatoms. The van der Waals surface area contributed by atoms with Gasteiger partial charge in [-0.1, -0.05) is 18.2 Å². The third kappa shape index (κ3) is 3.08. The van der Waals surface area contributed by atoms with Gasteiger partial charge in [-0.3, -0.25) is 9.69 Å². The van der Waals surface area contributed by atoms with Crippen molar-refractivity contribution in [2.45, 2.75) is 31.7 Å². The largest absolute Gasteiger partial charge is 0.396 e. The minimum atomic E-state index is -3.07. The van der Waals surface area contributed by atoms with Crippen molar-refractivity contribution in [1.29, 1.82) is 0 Å². The molecule has 4 nitrogen and oxygen atoms in total. The molecule has 1 aliphatic carbocycles. The number of likely N-dealkylation sites (N-methyl/N-ethyl adjacent to an activating group) is 1. The summed E-state index contributed by atoms with van der Waals surface area (Å²) in [4.78, 5) is 15.0. The zero-order valence-corrected chi connectivity index (χ0v) is 16.5. The summed E-state index contributed by atoms with van der Waals surface area (Å²) in [6, 6.07) is 6.38. The lowest BCUT2D eigenvalue weighted by atomic mass is 9.78. The van der Waals surface area contributed by atoms with Crippen molar-refractivity contribution in [3.05, 3.63) is 41.6 Å². The number of aryl methyl sites for hydroxylation is 1. The summed E-state index contributed by atoms with van der Waals surface area (Å²) >= 11 is 0. The number of nitrogens with zero attached hydrogens (tertiary/aromatic N) is 2. The van der Waals surface area contributed by atoms with E-state index in [0.29, 0.717) is 6.54 Å². The molecule has 0 radical (unpaired) electrons. The first kappa shape index (κ1) is 19.3. The number of alkyl halides is 2. The second kappa shape index (κ2) is 6.78. The summed E-state index contributed by atoms with van der Waals surface area (Å²) in [5.41, 5.74) is 4.71. The Bertz CT molecular complexity index is 957. The van der Waals surface area contributed by atoms with Crippen LogP contribution in [0.3, 0.4) is 0 Å². The first-order valence-electron chi connectivity index (χ1n) is 9.71. The third-order valence-corrected chi connectivity index (χ3v) is 6.37. The summed E-state index contributed by atoms with van der Waals surface area (Å²) in [7, 11) is 4.03. The van der Waals surface area contributed by atoms with Crippen LogP contribution in [0.1, 0.15) is 24.5 Å². The number of carbonyl (C=O) groups excluding carboxylic acids is 1. The maximum atomic E-state index is 13.6. The van der Waals surface area contributed by atoms with Gasteiger partial charge in [0.25, 0.3) is 5.92 Å². The molecular formula is C22H26F2N2O2. The van der Waals surface area contributed by atoms with Crippen molar-refractivity contribution in [2.75, 3.05) is 20.2 Å². The maximum Gasteiger partial charge on any atom is 0.250 e. The smallest absolute Gasteiger partial charge is 0.250 e. The lowest BCUT2D eigenvalue weighted by Crippen LogP contribution is -2.45. The minimum Gasteiger partial charge on any atom is -0.396 e. The molecule has 0 spiro atoms. The van der Waals surface area contributed by atoms with E-state index in [2.05, 4.69) is 27.8 Å². The minimum absolute atomic E-state index is 0.186. The highest BCUT2D eigenvalue weighted by Crippen LogP contribution is 2.42. The molecule has 3 atom stereocenters. The number of benzene rings is 1. The van der Waals surface area contributed by atoms with Gasteiger partial charge in [-0.15, -0.1) is 0 Å². The summed E-state index contributed by atoms with van der Waals surface area (Å²) in [5.74, 6) is -5.08. The molecule has 4 rings (SSSR count). The highest BCUT2D eigenvalue weighted by atomic mass is 19.3. The second-order valence-corrected chi connectivity index (χ2v) is 8.36. The van der Waals surface area contributed by atoms with E-state index < -0.39 is 24.4 Å². The molecule has 3 unspecified atom stereocenters. The van der Waals surface area contributed by atoms with Crippen molar-refractivity contribution in [3.63, 3.8) is 0 Å². The fraction of sp³-hybridized carbons (Fsp3) is 0.500. The molecular weight excluding hydrogens is 362 g/mol. The Hall–Kier alpha value is -2.05. The van der Waals surface area contributed by atoms with Crippen LogP contribution in [0.2, 0.25) is 0 Å². The maximum absolute atomic E-state index is 13.6. The Kier molecular flexibility index (Phi) is 4.67. The van der Waals surface area contributed by atoms with Crippen molar-refractivity contribution in [3.8, 4) is 0 Å². The number of Topliss-reactive ketones (excluding diaryl/α,β-unsaturated/α-hetero) is 1. The van der Waals surface area contributed by atoms with E-state index in [9.17, 15) is 18.7 Å². The first-order chi connectivity index (χ1) is 13.2. The summed E-state index contributed by atoms with van der Waals surface area (Å²) in [6.07, 6.45) is 4.72. The molecule has 2 aromatic rings. The van der Waals surface area contributed by atoms with Crippen molar-refractivity contribution in [1.82, 2.24) is 9.47 Å². The van der Waals surface area contributed by atoms with Crippen LogP contribution in [0.4, 0.5) is 8.78 Å².